The Morgan fingerprint density at radius 3 is 2.34 bits per heavy atom. The molecule has 0 fully saturated rings. The number of benzene rings is 2. The van der Waals surface area contributed by atoms with E-state index in [-0.39, 0.29) is 29.8 Å². The number of nitrogens with one attached hydrogen (secondary N) is 2. The lowest BCUT2D eigenvalue weighted by molar-refractivity contribution is -0.119. The Labute approximate surface area is 218 Å². The maximum Gasteiger partial charge on any atom is 0.264 e. The van der Waals surface area contributed by atoms with E-state index in [2.05, 4.69) is 53.5 Å². The fourth-order valence-electron chi connectivity index (χ4n) is 3.52. The number of halogens is 1. The highest BCUT2D eigenvalue weighted by Gasteiger charge is 2.18. The van der Waals surface area contributed by atoms with Crippen molar-refractivity contribution < 1.29 is 17.9 Å². The molecule has 0 saturated heterocycles. The van der Waals surface area contributed by atoms with Gasteiger partial charge in [0.15, 0.2) is 0 Å². The van der Waals surface area contributed by atoms with Gasteiger partial charge in [0.1, 0.15) is 5.75 Å². The number of carbonyl (C=O) groups excluding carboxylic acids is 1. The first kappa shape index (κ1) is 28.8. The highest BCUT2D eigenvalue weighted by atomic mass is 35.5. The van der Waals surface area contributed by atoms with Crippen molar-refractivity contribution in [2.24, 2.45) is 5.92 Å². The lowest BCUT2D eigenvalue weighted by Gasteiger charge is -2.22. The Hall–Kier alpha value is -2.39. The van der Waals surface area contributed by atoms with E-state index >= 15 is 0 Å². The fourth-order valence-corrected chi connectivity index (χ4v) is 5.30. The molecule has 6 nitrogen and oxygen atoms in total. The van der Waals surface area contributed by atoms with E-state index in [0.717, 1.165) is 18.6 Å². The van der Waals surface area contributed by atoms with Crippen molar-refractivity contribution in [2.75, 3.05) is 13.2 Å². The van der Waals surface area contributed by atoms with Crippen molar-refractivity contribution in [3.8, 4) is 5.75 Å². The average Bonchev–Trinajstić information content (AvgIpc) is 3.32. The fraction of sp³-hybridized carbons (Fsp3) is 0.346. The molecule has 3 rings (SSSR count). The largest absolute Gasteiger partial charge is 0.494 e. The zero-order chi connectivity index (χ0) is 24.4. The van der Waals surface area contributed by atoms with Crippen LogP contribution in [0.2, 0.25) is 0 Å². The minimum atomic E-state index is -3.84. The molecule has 0 bridgehead atoms. The third-order valence-corrected chi connectivity index (χ3v) is 7.71. The molecule has 1 unspecified atom stereocenters. The van der Waals surface area contributed by atoms with Gasteiger partial charge in [-0.1, -0.05) is 50.2 Å². The van der Waals surface area contributed by atoms with Gasteiger partial charge in [-0.05, 0) is 53.6 Å². The number of thiophene rings is 1. The smallest absolute Gasteiger partial charge is 0.264 e. The van der Waals surface area contributed by atoms with E-state index in [1.165, 1.54) is 22.6 Å². The number of amides is 1. The molecular formula is C26H33ClN2O4S2. The van der Waals surface area contributed by atoms with Gasteiger partial charge < -0.3 is 10.1 Å². The number of carbonyl (C=O) groups is 1. The number of hydrogen-bond donors (Lipinski definition) is 2. The van der Waals surface area contributed by atoms with Crippen LogP contribution in [0.15, 0.2) is 77.0 Å². The van der Waals surface area contributed by atoms with Crippen LogP contribution in [-0.4, -0.2) is 33.5 Å². The van der Waals surface area contributed by atoms with Crippen LogP contribution >= 0.6 is 23.7 Å². The molecule has 1 aromatic heterocycles. The molecule has 0 aliphatic rings. The molecule has 1 amide bonds. The summed E-state index contributed by atoms with van der Waals surface area (Å²) in [6.45, 7) is 5.15. The molecule has 0 spiro atoms. The Morgan fingerprint density at radius 1 is 1.00 bits per heavy atom. The zero-order valence-electron chi connectivity index (χ0n) is 20.0. The van der Waals surface area contributed by atoms with Gasteiger partial charge in [0.25, 0.3) is 10.0 Å². The quantitative estimate of drug-likeness (QED) is 0.320. The minimum Gasteiger partial charge on any atom is -0.494 e. The molecule has 1 atom stereocenters. The lowest BCUT2D eigenvalue weighted by Crippen LogP contribution is -2.38. The van der Waals surface area contributed by atoms with Gasteiger partial charge in [0.2, 0.25) is 5.91 Å². The lowest BCUT2D eigenvalue weighted by atomic mass is 10.0. The van der Waals surface area contributed by atoms with E-state index in [1.54, 1.807) is 29.5 Å². The van der Waals surface area contributed by atoms with E-state index in [0.29, 0.717) is 19.1 Å². The van der Waals surface area contributed by atoms with Crippen LogP contribution in [-0.2, 0) is 21.2 Å². The first-order valence-electron chi connectivity index (χ1n) is 11.4. The van der Waals surface area contributed by atoms with Crippen LogP contribution in [0.3, 0.4) is 0 Å². The summed E-state index contributed by atoms with van der Waals surface area (Å²) in [5.74, 6) is 0.647. The SMILES string of the molecule is CC(C)C(CCOc1ccc(Cc2cccs2)cc1)NCCC(=O)NS(=O)(=O)c1ccccc1.Cl. The molecule has 9 heteroatoms. The van der Waals surface area contributed by atoms with Crippen molar-refractivity contribution >= 4 is 39.7 Å². The van der Waals surface area contributed by atoms with E-state index < -0.39 is 15.9 Å². The summed E-state index contributed by atoms with van der Waals surface area (Å²) in [6, 6.07) is 20.4. The van der Waals surface area contributed by atoms with E-state index in [9.17, 15) is 13.2 Å². The summed E-state index contributed by atoms with van der Waals surface area (Å²) in [6.07, 6.45) is 1.78. The Bertz CT molecular complexity index is 1120. The van der Waals surface area contributed by atoms with Crippen LogP contribution in [0.4, 0.5) is 0 Å². The first-order valence-corrected chi connectivity index (χ1v) is 13.8. The number of sulfonamides is 1. The van der Waals surface area contributed by atoms with Gasteiger partial charge in [-0.15, -0.1) is 23.7 Å². The molecule has 0 radical (unpaired) electrons. The Morgan fingerprint density at radius 2 is 1.71 bits per heavy atom. The van der Waals surface area contributed by atoms with Crippen molar-refractivity contribution in [1.29, 1.82) is 0 Å². The van der Waals surface area contributed by atoms with E-state index in [1.807, 2.05) is 12.1 Å². The number of hydrogen-bond acceptors (Lipinski definition) is 6. The molecule has 2 aromatic carbocycles. The van der Waals surface area contributed by atoms with Gasteiger partial charge in [-0.3, -0.25) is 4.79 Å². The minimum absolute atomic E-state index is 0. The predicted molar refractivity (Wildman–Crippen MR) is 144 cm³/mol. The monoisotopic (exact) mass is 536 g/mol. The van der Waals surface area contributed by atoms with Crippen LogP contribution in [0.25, 0.3) is 0 Å². The van der Waals surface area contributed by atoms with Gasteiger partial charge >= 0.3 is 0 Å². The van der Waals surface area contributed by atoms with Crippen LogP contribution in [0.1, 0.15) is 37.1 Å². The van der Waals surface area contributed by atoms with Gasteiger partial charge in [0, 0.05) is 30.3 Å². The molecule has 0 saturated carbocycles. The first-order chi connectivity index (χ1) is 16.3. The molecular weight excluding hydrogens is 504 g/mol. The van der Waals surface area contributed by atoms with Crippen molar-refractivity contribution in [3.63, 3.8) is 0 Å². The normalized spacial score (nSPS) is 12.1. The third-order valence-electron chi connectivity index (χ3n) is 5.44. The van der Waals surface area contributed by atoms with Crippen LogP contribution < -0.4 is 14.8 Å². The Kier molecular flexibility index (Phi) is 11.7. The van der Waals surface area contributed by atoms with Crippen LogP contribution in [0.5, 0.6) is 5.75 Å². The second-order valence-corrected chi connectivity index (χ2v) is 11.1. The molecule has 0 aliphatic carbocycles. The molecule has 35 heavy (non-hydrogen) atoms. The summed E-state index contributed by atoms with van der Waals surface area (Å²) < 4.78 is 32.6. The van der Waals surface area contributed by atoms with Crippen molar-refractivity contribution in [1.82, 2.24) is 10.0 Å². The summed E-state index contributed by atoms with van der Waals surface area (Å²) in [5.41, 5.74) is 1.25. The molecule has 1 heterocycles. The van der Waals surface area contributed by atoms with Crippen molar-refractivity contribution in [2.45, 2.75) is 44.0 Å². The summed E-state index contributed by atoms with van der Waals surface area (Å²) in [5, 5.41) is 5.45. The second-order valence-electron chi connectivity index (χ2n) is 8.43. The standard InChI is InChI=1S/C26H32N2O4S2.ClH/c1-20(2)25(27-16-14-26(29)28-34(30,31)24-8-4-3-5-9-24)15-17-32-22-12-10-21(11-13-22)19-23-7-6-18-33-23;/h3-13,18,20,25,27H,14-17,19H2,1-2H3,(H,28,29);1H. The third kappa shape index (κ3) is 9.64. The maximum absolute atomic E-state index is 12.3. The number of ether oxygens (including phenoxy) is 1. The van der Waals surface area contributed by atoms with E-state index in [4.69, 9.17) is 4.74 Å². The highest BCUT2D eigenvalue weighted by molar-refractivity contribution is 7.90. The molecule has 0 aliphatic heterocycles. The van der Waals surface area contributed by atoms with Crippen molar-refractivity contribution in [3.05, 3.63) is 82.6 Å². The summed E-state index contributed by atoms with van der Waals surface area (Å²) in [7, 11) is -3.84. The average molecular weight is 537 g/mol. The van der Waals surface area contributed by atoms with Gasteiger partial charge in [-0.25, -0.2) is 13.1 Å². The molecule has 190 valence electrons. The summed E-state index contributed by atoms with van der Waals surface area (Å²) in [4.78, 5) is 13.6. The maximum atomic E-state index is 12.3. The highest BCUT2D eigenvalue weighted by Crippen LogP contribution is 2.18. The molecule has 3 aromatic rings. The van der Waals surface area contributed by atoms with Crippen LogP contribution in [0, 0.1) is 5.92 Å². The van der Waals surface area contributed by atoms with Gasteiger partial charge in [-0.2, -0.15) is 0 Å². The second kappa shape index (κ2) is 14.2. The summed E-state index contributed by atoms with van der Waals surface area (Å²) >= 11 is 1.76. The topological polar surface area (TPSA) is 84.5 Å². The van der Waals surface area contributed by atoms with Gasteiger partial charge in [0.05, 0.1) is 11.5 Å². The predicted octanol–water partition coefficient (Wildman–Crippen LogP) is 5.04. The molecule has 2 N–H and O–H groups in total. The zero-order valence-corrected chi connectivity index (χ0v) is 22.4. The Balaban J connectivity index is 0.00000432. The number of rotatable bonds is 13.